The van der Waals surface area contributed by atoms with Crippen molar-refractivity contribution in [2.75, 3.05) is 23.8 Å². The lowest BCUT2D eigenvalue weighted by atomic mass is 10.0. The van der Waals surface area contributed by atoms with Crippen LogP contribution < -0.4 is 10.6 Å². The van der Waals surface area contributed by atoms with Crippen LogP contribution >= 0.6 is 0 Å². The van der Waals surface area contributed by atoms with Crippen LogP contribution in [0.15, 0.2) is 18.2 Å². The highest BCUT2D eigenvalue weighted by atomic mass is 16.5. The number of aromatic nitrogens is 1. The van der Waals surface area contributed by atoms with E-state index >= 15 is 0 Å². The number of carbonyl (C=O) groups excluding carboxylic acids is 1. The number of nitrogen functional groups attached to an aromatic ring is 1. The molecule has 1 aliphatic heterocycles. The fourth-order valence-electron chi connectivity index (χ4n) is 2.29. The van der Waals surface area contributed by atoms with Gasteiger partial charge in [0.25, 0.3) is 0 Å². The lowest BCUT2D eigenvalue weighted by molar-refractivity contribution is -0.145. The molecule has 0 spiro atoms. The van der Waals surface area contributed by atoms with Crippen molar-refractivity contribution >= 4 is 17.6 Å². The van der Waals surface area contributed by atoms with Crippen LogP contribution in [0, 0.1) is 0 Å². The molecule has 1 unspecified atom stereocenters. The number of hydrogen-bond donors (Lipinski definition) is 1. The summed E-state index contributed by atoms with van der Waals surface area (Å²) in [6.07, 6.45) is 2.92. The van der Waals surface area contributed by atoms with E-state index in [0.717, 1.165) is 31.6 Å². The number of carbonyl (C=O) groups is 1. The van der Waals surface area contributed by atoms with Gasteiger partial charge in [0.2, 0.25) is 0 Å². The van der Waals surface area contributed by atoms with Gasteiger partial charge in [0, 0.05) is 6.54 Å². The minimum atomic E-state index is -0.229. The van der Waals surface area contributed by atoms with E-state index in [9.17, 15) is 4.79 Å². The zero-order chi connectivity index (χ0) is 13.0. The van der Waals surface area contributed by atoms with E-state index in [1.54, 1.807) is 6.07 Å². The quantitative estimate of drug-likeness (QED) is 0.824. The van der Waals surface area contributed by atoms with Gasteiger partial charge in [-0.25, -0.2) is 9.78 Å². The number of anilines is 2. The van der Waals surface area contributed by atoms with E-state index < -0.39 is 0 Å². The Bertz CT molecular complexity index is 422. The minimum Gasteiger partial charge on any atom is -0.464 e. The van der Waals surface area contributed by atoms with Crippen molar-refractivity contribution in [2.24, 2.45) is 0 Å². The largest absolute Gasteiger partial charge is 0.464 e. The van der Waals surface area contributed by atoms with Gasteiger partial charge in [-0.1, -0.05) is 6.07 Å². The molecule has 2 heterocycles. The van der Waals surface area contributed by atoms with Crippen LogP contribution in [-0.2, 0) is 9.53 Å². The number of ether oxygens (including phenoxy) is 1. The Kier molecular flexibility index (Phi) is 4.02. The normalized spacial score (nSPS) is 19.6. The molecule has 5 heteroatoms. The topological polar surface area (TPSA) is 68.5 Å². The Hall–Kier alpha value is -1.78. The predicted molar refractivity (Wildman–Crippen MR) is 70.3 cm³/mol. The summed E-state index contributed by atoms with van der Waals surface area (Å²) in [5.74, 6) is 1.06. The lowest BCUT2D eigenvalue weighted by Gasteiger charge is -2.34. The number of piperidine rings is 1. The predicted octanol–water partition coefficient (Wildman–Crippen LogP) is 1.59. The monoisotopic (exact) mass is 249 g/mol. The van der Waals surface area contributed by atoms with Crippen molar-refractivity contribution in [3.63, 3.8) is 0 Å². The minimum absolute atomic E-state index is 0.165. The summed E-state index contributed by atoms with van der Waals surface area (Å²) >= 11 is 0. The van der Waals surface area contributed by atoms with Gasteiger partial charge in [0.15, 0.2) is 0 Å². The summed E-state index contributed by atoms with van der Waals surface area (Å²) in [5, 5.41) is 0. The van der Waals surface area contributed by atoms with Crippen LogP contribution in [0.2, 0.25) is 0 Å². The van der Waals surface area contributed by atoms with E-state index in [4.69, 9.17) is 10.5 Å². The van der Waals surface area contributed by atoms with E-state index in [0.29, 0.717) is 12.4 Å². The van der Waals surface area contributed by atoms with Crippen molar-refractivity contribution in [1.29, 1.82) is 0 Å². The number of nitrogens with zero attached hydrogens (tertiary/aromatic N) is 2. The molecule has 1 aromatic heterocycles. The van der Waals surface area contributed by atoms with Crippen molar-refractivity contribution in [3.8, 4) is 0 Å². The Morgan fingerprint density at radius 3 is 3.11 bits per heavy atom. The zero-order valence-electron chi connectivity index (χ0n) is 10.6. The van der Waals surface area contributed by atoms with Gasteiger partial charge in [-0.3, -0.25) is 0 Å². The summed E-state index contributed by atoms with van der Waals surface area (Å²) in [6.45, 7) is 3.05. The molecular formula is C13H19N3O2. The Balaban J connectivity index is 2.20. The molecule has 0 saturated carbocycles. The first-order chi connectivity index (χ1) is 8.72. The summed E-state index contributed by atoms with van der Waals surface area (Å²) in [4.78, 5) is 18.2. The molecule has 1 fully saturated rings. The highest BCUT2D eigenvalue weighted by Gasteiger charge is 2.30. The van der Waals surface area contributed by atoms with Crippen LogP contribution in [0.3, 0.4) is 0 Å². The van der Waals surface area contributed by atoms with Gasteiger partial charge in [-0.15, -0.1) is 0 Å². The number of nitrogens with two attached hydrogens (primary N) is 1. The Morgan fingerprint density at radius 1 is 1.56 bits per heavy atom. The van der Waals surface area contributed by atoms with Crippen LogP contribution in [0.1, 0.15) is 26.2 Å². The van der Waals surface area contributed by atoms with Crippen molar-refractivity contribution < 1.29 is 9.53 Å². The maximum atomic E-state index is 11.9. The lowest BCUT2D eigenvalue weighted by Crippen LogP contribution is -2.46. The van der Waals surface area contributed by atoms with Gasteiger partial charge in [-0.05, 0) is 38.3 Å². The fraction of sp³-hybridized carbons (Fsp3) is 0.538. The van der Waals surface area contributed by atoms with E-state index in [1.807, 2.05) is 24.0 Å². The second-order valence-electron chi connectivity index (χ2n) is 4.38. The van der Waals surface area contributed by atoms with E-state index in [2.05, 4.69) is 4.98 Å². The summed E-state index contributed by atoms with van der Waals surface area (Å²) in [7, 11) is 0. The van der Waals surface area contributed by atoms with Crippen LogP contribution in [0.5, 0.6) is 0 Å². The molecule has 0 radical (unpaired) electrons. The summed E-state index contributed by atoms with van der Waals surface area (Å²) in [5.41, 5.74) is 5.69. The molecule has 1 atom stereocenters. The average Bonchev–Trinajstić information content (AvgIpc) is 2.39. The standard InChI is InChI=1S/C13H19N3O2/c1-2-18-13(17)10-6-3-4-9-16(10)12-8-5-7-11(14)15-12/h5,7-8,10H,2-4,6,9H2,1H3,(H2,14,15). The molecule has 0 aliphatic carbocycles. The maximum absolute atomic E-state index is 11.9. The highest BCUT2D eigenvalue weighted by molar-refractivity contribution is 5.80. The third-order valence-electron chi connectivity index (χ3n) is 3.11. The summed E-state index contributed by atoms with van der Waals surface area (Å²) in [6, 6.07) is 5.25. The molecule has 98 valence electrons. The summed E-state index contributed by atoms with van der Waals surface area (Å²) < 4.78 is 5.12. The molecule has 2 rings (SSSR count). The first kappa shape index (κ1) is 12.7. The fourth-order valence-corrected chi connectivity index (χ4v) is 2.29. The molecular weight excluding hydrogens is 230 g/mol. The molecule has 1 saturated heterocycles. The van der Waals surface area contributed by atoms with Crippen LogP contribution in [0.4, 0.5) is 11.6 Å². The second-order valence-corrected chi connectivity index (χ2v) is 4.38. The molecule has 1 aliphatic rings. The van der Waals surface area contributed by atoms with Gasteiger partial charge in [-0.2, -0.15) is 0 Å². The molecule has 1 aromatic rings. The van der Waals surface area contributed by atoms with Crippen LogP contribution in [0.25, 0.3) is 0 Å². The van der Waals surface area contributed by atoms with Crippen molar-refractivity contribution in [2.45, 2.75) is 32.2 Å². The zero-order valence-corrected chi connectivity index (χ0v) is 10.6. The second kappa shape index (κ2) is 5.71. The number of rotatable bonds is 3. The van der Waals surface area contributed by atoms with E-state index in [-0.39, 0.29) is 12.0 Å². The first-order valence-corrected chi connectivity index (χ1v) is 6.38. The van der Waals surface area contributed by atoms with Gasteiger partial charge >= 0.3 is 5.97 Å². The first-order valence-electron chi connectivity index (χ1n) is 6.38. The van der Waals surface area contributed by atoms with Gasteiger partial charge < -0.3 is 15.4 Å². The van der Waals surface area contributed by atoms with Gasteiger partial charge in [0.05, 0.1) is 6.61 Å². The molecule has 0 aromatic carbocycles. The average molecular weight is 249 g/mol. The third kappa shape index (κ3) is 2.72. The molecule has 0 amide bonds. The molecule has 2 N–H and O–H groups in total. The smallest absolute Gasteiger partial charge is 0.328 e. The molecule has 0 bridgehead atoms. The van der Waals surface area contributed by atoms with E-state index in [1.165, 1.54) is 0 Å². The highest BCUT2D eigenvalue weighted by Crippen LogP contribution is 2.24. The molecule has 18 heavy (non-hydrogen) atoms. The van der Waals surface area contributed by atoms with Crippen LogP contribution in [-0.4, -0.2) is 30.1 Å². The Labute approximate surface area is 107 Å². The van der Waals surface area contributed by atoms with Crippen molar-refractivity contribution in [1.82, 2.24) is 4.98 Å². The number of pyridine rings is 1. The number of esters is 1. The van der Waals surface area contributed by atoms with Gasteiger partial charge in [0.1, 0.15) is 17.7 Å². The third-order valence-corrected chi connectivity index (χ3v) is 3.11. The number of hydrogen-bond acceptors (Lipinski definition) is 5. The maximum Gasteiger partial charge on any atom is 0.328 e. The van der Waals surface area contributed by atoms with Crippen molar-refractivity contribution in [3.05, 3.63) is 18.2 Å². The SMILES string of the molecule is CCOC(=O)C1CCCCN1c1cccc(N)n1. The molecule has 5 nitrogen and oxygen atoms in total. The Morgan fingerprint density at radius 2 is 2.39 bits per heavy atom.